The highest BCUT2D eigenvalue weighted by atomic mass is 14.2. The fraction of sp³-hybridized carbons (Fsp3) is 0.625. The molecule has 0 heteroatoms. The van der Waals surface area contributed by atoms with Crippen molar-refractivity contribution >= 4 is 0 Å². The molecule has 0 spiro atoms. The van der Waals surface area contributed by atoms with E-state index in [-0.39, 0.29) is 0 Å². The molecule has 0 bridgehead atoms. The predicted molar refractivity (Wildman–Crippen MR) is 72.2 cm³/mol. The largest absolute Gasteiger partial charge is 0.115 e. The second-order valence-corrected chi connectivity index (χ2v) is 4.62. The molecule has 0 aliphatic heterocycles. The predicted octanol–water partition coefficient (Wildman–Crippen LogP) is 4.87. The van der Waals surface area contributed by atoms with Crippen molar-refractivity contribution < 1.29 is 0 Å². The smallest absolute Gasteiger partial charge is 0.00148 e. The van der Waals surface area contributed by atoms with E-state index in [1.54, 1.807) is 5.57 Å². The lowest BCUT2D eigenvalue weighted by Crippen LogP contribution is -2.08. The Hall–Kier alpha value is -0.960. The maximum atomic E-state index is 5.44. The van der Waals surface area contributed by atoms with Crippen molar-refractivity contribution in [1.29, 1.82) is 0 Å². The van der Waals surface area contributed by atoms with Gasteiger partial charge in [-0.15, -0.1) is 6.42 Å². The molecular weight excluding hydrogens is 192 g/mol. The average Bonchev–Trinajstić information content (AvgIpc) is 2.36. The van der Waals surface area contributed by atoms with E-state index in [1.165, 1.54) is 38.5 Å². The van der Waals surface area contributed by atoms with Crippen molar-refractivity contribution in [3.05, 3.63) is 23.3 Å². The lowest BCUT2D eigenvalue weighted by Gasteiger charge is -2.23. The van der Waals surface area contributed by atoms with Gasteiger partial charge in [0.05, 0.1) is 0 Å². The summed E-state index contributed by atoms with van der Waals surface area (Å²) < 4.78 is 0. The Bertz CT molecular complexity index is 292. The molecule has 0 aromatic rings. The van der Waals surface area contributed by atoms with Crippen LogP contribution in [0, 0.1) is 18.3 Å². The van der Waals surface area contributed by atoms with E-state index < -0.39 is 0 Å². The Morgan fingerprint density at radius 3 is 2.31 bits per heavy atom. The minimum Gasteiger partial charge on any atom is -0.115 e. The molecule has 0 amide bonds. The molecule has 0 saturated heterocycles. The first-order valence-corrected chi connectivity index (χ1v) is 6.68. The van der Waals surface area contributed by atoms with Gasteiger partial charge in [-0.05, 0) is 31.6 Å². The van der Waals surface area contributed by atoms with Gasteiger partial charge in [0.1, 0.15) is 0 Å². The molecule has 1 aliphatic carbocycles. The van der Waals surface area contributed by atoms with E-state index in [0.717, 1.165) is 17.9 Å². The molecule has 0 atom stereocenters. The number of hydrogen-bond acceptors (Lipinski definition) is 0. The van der Waals surface area contributed by atoms with Gasteiger partial charge in [-0.25, -0.2) is 0 Å². The van der Waals surface area contributed by atoms with E-state index in [1.807, 2.05) is 0 Å². The zero-order chi connectivity index (χ0) is 11.8. The van der Waals surface area contributed by atoms with Gasteiger partial charge in [0.2, 0.25) is 0 Å². The third kappa shape index (κ3) is 3.89. The van der Waals surface area contributed by atoms with Gasteiger partial charge in [0, 0.05) is 5.57 Å². The zero-order valence-electron chi connectivity index (χ0n) is 10.8. The van der Waals surface area contributed by atoms with Gasteiger partial charge in [0.15, 0.2) is 0 Å². The second-order valence-electron chi connectivity index (χ2n) is 4.62. The molecule has 1 rings (SSSR count). The van der Waals surface area contributed by atoms with Crippen molar-refractivity contribution in [2.24, 2.45) is 5.92 Å². The fourth-order valence-electron chi connectivity index (χ4n) is 2.49. The quantitative estimate of drug-likeness (QED) is 0.464. The summed E-state index contributed by atoms with van der Waals surface area (Å²) in [5, 5.41) is 0. The number of hydrogen-bond donors (Lipinski definition) is 0. The summed E-state index contributed by atoms with van der Waals surface area (Å²) in [6.45, 7) is 4.38. The van der Waals surface area contributed by atoms with Crippen molar-refractivity contribution in [2.75, 3.05) is 0 Å². The highest BCUT2D eigenvalue weighted by Crippen LogP contribution is 2.31. The highest BCUT2D eigenvalue weighted by Gasteiger charge is 2.15. The highest BCUT2D eigenvalue weighted by molar-refractivity contribution is 5.30. The van der Waals surface area contributed by atoms with Gasteiger partial charge in [0.25, 0.3) is 0 Å². The van der Waals surface area contributed by atoms with Crippen LogP contribution in [0.2, 0.25) is 0 Å². The Morgan fingerprint density at radius 2 is 1.81 bits per heavy atom. The first-order chi connectivity index (χ1) is 7.81. The van der Waals surface area contributed by atoms with E-state index in [4.69, 9.17) is 6.42 Å². The van der Waals surface area contributed by atoms with Crippen LogP contribution in [0.15, 0.2) is 23.3 Å². The third-order valence-electron chi connectivity index (χ3n) is 3.60. The average molecular weight is 216 g/mol. The normalized spacial score (nSPS) is 19.6. The van der Waals surface area contributed by atoms with Crippen LogP contribution < -0.4 is 0 Å². The number of allylic oxidation sites excluding steroid dienone is 4. The van der Waals surface area contributed by atoms with Crippen molar-refractivity contribution in [3.63, 3.8) is 0 Å². The van der Waals surface area contributed by atoms with Crippen LogP contribution >= 0.6 is 0 Å². The zero-order valence-corrected chi connectivity index (χ0v) is 10.8. The second kappa shape index (κ2) is 7.34. The van der Waals surface area contributed by atoms with Crippen LogP contribution in [0.5, 0.6) is 0 Å². The molecule has 16 heavy (non-hydrogen) atoms. The topological polar surface area (TPSA) is 0 Å². The first kappa shape index (κ1) is 13.1. The molecule has 88 valence electrons. The van der Waals surface area contributed by atoms with Crippen LogP contribution in [0.4, 0.5) is 0 Å². The standard InChI is InChI=1S/C16H24/c1-4-14(5-2)12-13-15(6-3)16-10-8-7-9-11-16/h1,12-13,16H,5-11H2,2-3H3/b14-12-,15-13+. The molecule has 1 aliphatic rings. The van der Waals surface area contributed by atoms with Crippen molar-refractivity contribution in [3.8, 4) is 12.3 Å². The van der Waals surface area contributed by atoms with E-state index in [9.17, 15) is 0 Å². The van der Waals surface area contributed by atoms with Crippen LogP contribution in [0.1, 0.15) is 58.8 Å². The maximum absolute atomic E-state index is 5.44. The number of terminal acetylenes is 1. The monoisotopic (exact) mass is 216 g/mol. The molecule has 0 radical (unpaired) electrons. The summed E-state index contributed by atoms with van der Waals surface area (Å²) in [4.78, 5) is 0. The lowest BCUT2D eigenvalue weighted by molar-refractivity contribution is 0.397. The van der Waals surface area contributed by atoms with Crippen LogP contribution in [-0.2, 0) is 0 Å². The van der Waals surface area contributed by atoms with E-state index in [2.05, 4.69) is 31.9 Å². The Kier molecular flexibility index (Phi) is 6.01. The van der Waals surface area contributed by atoms with Crippen LogP contribution in [0.3, 0.4) is 0 Å². The minimum absolute atomic E-state index is 0.825. The van der Waals surface area contributed by atoms with Gasteiger partial charge >= 0.3 is 0 Å². The molecule has 0 heterocycles. The van der Waals surface area contributed by atoms with Gasteiger partial charge < -0.3 is 0 Å². The molecule has 0 unspecified atom stereocenters. The van der Waals surface area contributed by atoms with Crippen molar-refractivity contribution in [2.45, 2.75) is 58.8 Å². The summed E-state index contributed by atoms with van der Waals surface area (Å²) in [7, 11) is 0. The van der Waals surface area contributed by atoms with Gasteiger partial charge in [-0.1, -0.05) is 56.8 Å². The van der Waals surface area contributed by atoms with E-state index >= 15 is 0 Å². The van der Waals surface area contributed by atoms with Crippen molar-refractivity contribution in [1.82, 2.24) is 0 Å². The summed E-state index contributed by atoms with van der Waals surface area (Å²) in [5.74, 6) is 3.58. The summed E-state index contributed by atoms with van der Waals surface area (Å²) in [6, 6.07) is 0. The third-order valence-corrected chi connectivity index (χ3v) is 3.60. The summed E-state index contributed by atoms with van der Waals surface area (Å²) >= 11 is 0. The Morgan fingerprint density at radius 1 is 1.12 bits per heavy atom. The lowest BCUT2D eigenvalue weighted by atomic mass is 9.82. The van der Waals surface area contributed by atoms with Gasteiger partial charge in [-0.2, -0.15) is 0 Å². The molecule has 1 fully saturated rings. The minimum atomic E-state index is 0.825. The summed E-state index contributed by atoms with van der Waals surface area (Å²) in [5.41, 5.74) is 2.71. The summed E-state index contributed by atoms with van der Waals surface area (Å²) in [6.07, 6.45) is 19.0. The molecule has 0 aromatic heterocycles. The molecule has 0 nitrogen and oxygen atoms in total. The van der Waals surface area contributed by atoms with E-state index in [0.29, 0.717) is 0 Å². The molecular formula is C16H24. The fourth-order valence-corrected chi connectivity index (χ4v) is 2.49. The maximum Gasteiger partial charge on any atom is 0.00148 e. The SMILES string of the molecule is C#C/C(=C/C=C(\CC)C1CCCCC1)CC. The molecule has 0 N–H and O–H groups in total. The molecule has 0 aromatic carbocycles. The Labute approximate surface area is 101 Å². The molecule has 1 saturated carbocycles. The van der Waals surface area contributed by atoms with Crippen LogP contribution in [-0.4, -0.2) is 0 Å². The van der Waals surface area contributed by atoms with Crippen LogP contribution in [0.25, 0.3) is 0 Å². The first-order valence-electron chi connectivity index (χ1n) is 6.68. The Balaban J connectivity index is 2.69. The number of rotatable bonds is 4. The van der Waals surface area contributed by atoms with Gasteiger partial charge in [-0.3, -0.25) is 0 Å².